The van der Waals surface area contributed by atoms with Crippen molar-refractivity contribution >= 4 is 12.0 Å². The number of ether oxygens (including phenoxy) is 1. The molecule has 2 atom stereocenters. The first-order valence-corrected chi connectivity index (χ1v) is 9.88. The smallest absolute Gasteiger partial charge is 0.331 e. The number of rotatable bonds is 2. The molecule has 7 nitrogen and oxygen atoms in total. The fourth-order valence-corrected chi connectivity index (χ4v) is 5.08. The molecule has 4 rings (SSSR count). The molecule has 2 amide bonds. The van der Waals surface area contributed by atoms with Crippen LogP contribution in [0.2, 0.25) is 0 Å². The fourth-order valence-electron chi connectivity index (χ4n) is 5.08. The van der Waals surface area contributed by atoms with Crippen LogP contribution < -0.4 is 10.9 Å². The van der Waals surface area contributed by atoms with Crippen LogP contribution in [0, 0.1) is 5.92 Å². The van der Waals surface area contributed by atoms with E-state index in [2.05, 4.69) is 5.32 Å². The van der Waals surface area contributed by atoms with Crippen molar-refractivity contribution in [1.82, 2.24) is 14.8 Å². The van der Waals surface area contributed by atoms with Crippen LogP contribution in [0.5, 0.6) is 0 Å². The number of likely N-dealkylation sites (tertiary alicyclic amines) is 1. The normalized spacial score (nSPS) is 26.0. The van der Waals surface area contributed by atoms with Gasteiger partial charge < -0.3 is 19.5 Å². The number of carbonyl (C=O) groups excluding carboxylic acids is 2. The Labute approximate surface area is 158 Å². The highest BCUT2D eigenvalue weighted by molar-refractivity contribution is 5.87. The molecule has 2 bridgehead atoms. The van der Waals surface area contributed by atoms with Gasteiger partial charge in [0.15, 0.2) is 0 Å². The van der Waals surface area contributed by atoms with Gasteiger partial charge in [-0.1, -0.05) is 25.3 Å². The molecule has 0 spiro atoms. The molecule has 3 aliphatic rings. The van der Waals surface area contributed by atoms with Gasteiger partial charge in [-0.05, 0) is 31.2 Å². The van der Waals surface area contributed by atoms with Gasteiger partial charge in [0, 0.05) is 37.3 Å². The number of urea groups is 1. The van der Waals surface area contributed by atoms with Gasteiger partial charge in [-0.25, -0.2) is 9.59 Å². The average molecular weight is 373 g/mol. The predicted molar refractivity (Wildman–Crippen MR) is 99.5 cm³/mol. The molecule has 1 saturated heterocycles. The highest BCUT2D eigenvalue weighted by Gasteiger charge is 2.44. The molecule has 1 aliphatic carbocycles. The Morgan fingerprint density at radius 1 is 1.15 bits per heavy atom. The third-order valence-corrected chi connectivity index (χ3v) is 6.40. The van der Waals surface area contributed by atoms with Gasteiger partial charge in [0.25, 0.3) is 5.56 Å². The van der Waals surface area contributed by atoms with Crippen LogP contribution >= 0.6 is 0 Å². The predicted octanol–water partition coefficient (Wildman–Crippen LogP) is 1.85. The van der Waals surface area contributed by atoms with E-state index >= 15 is 0 Å². The summed E-state index contributed by atoms with van der Waals surface area (Å²) in [5, 5.41) is 3.02. The lowest BCUT2D eigenvalue weighted by Gasteiger charge is -2.44. The summed E-state index contributed by atoms with van der Waals surface area (Å²) in [6.07, 6.45) is 5.16. The molecule has 0 radical (unpaired) electrons. The number of nitrogens with zero attached hydrogens (tertiary/aromatic N) is 2. The Morgan fingerprint density at radius 3 is 2.67 bits per heavy atom. The van der Waals surface area contributed by atoms with E-state index in [4.69, 9.17) is 4.74 Å². The number of esters is 1. The van der Waals surface area contributed by atoms with Gasteiger partial charge in [-0.15, -0.1) is 0 Å². The Hall–Kier alpha value is -2.31. The monoisotopic (exact) mass is 373 g/mol. The summed E-state index contributed by atoms with van der Waals surface area (Å²) < 4.78 is 6.86. The number of hydrogen-bond donors (Lipinski definition) is 1. The van der Waals surface area contributed by atoms with Crippen LogP contribution in [-0.4, -0.2) is 47.2 Å². The molecule has 0 unspecified atom stereocenters. The van der Waals surface area contributed by atoms with Crippen LogP contribution in [0.15, 0.2) is 23.0 Å². The van der Waals surface area contributed by atoms with Gasteiger partial charge in [-0.2, -0.15) is 0 Å². The highest BCUT2D eigenvalue weighted by Crippen LogP contribution is 2.35. The van der Waals surface area contributed by atoms with Crippen molar-refractivity contribution in [2.75, 3.05) is 20.2 Å². The third-order valence-electron chi connectivity index (χ3n) is 6.40. The maximum absolute atomic E-state index is 13.0. The number of pyridine rings is 1. The first-order chi connectivity index (χ1) is 13.0. The second-order valence-corrected chi connectivity index (χ2v) is 8.17. The van der Waals surface area contributed by atoms with E-state index in [0.717, 1.165) is 31.4 Å². The van der Waals surface area contributed by atoms with Gasteiger partial charge in [0.05, 0.1) is 7.11 Å². The Morgan fingerprint density at radius 2 is 1.93 bits per heavy atom. The number of hydrogen-bond acceptors (Lipinski definition) is 4. The lowest BCUT2D eigenvalue weighted by Crippen LogP contribution is -2.61. The average Bonchev–Trinajstić information content (AvgIpc) is 2.68. The van der Waals surface area contributed by atoms with Crippen LogP contribution in [0.25, 0.3) is 0 Å². The van der Waals surface area contributed by atoms with E-state index in [1.54, 1.807) is 12.1 Å². The molecule has 1 saturated carbocycles. The maximum Gasteiger partial charge on any atom is 0.331 e. The molecule has 1 N–H and O–H groups in total. The fraction of sp³-hybridized carbons (Fsp3) is 0.650. The molecule has 0 aromatic carbocycles. The first kappa shape index (κ1) is 18.1. The van der Waals surface area contributed by atoms with Crippen LogP contribution in [0.1, 0.15) is 50.1 Å². The minimum atomic E-state index is -0.897. The Kier molecular flexibility index (Phi) is 4.70. The number of nitrogens with one attached hydrogen (secondary N) is 1. The molecule has 7 heteroatoms. The number of methoxy groups -OCH3 is 1. The minimum absolute atomic E-state index is 0.0342. The Balaban J connectivity index is 1.52. The second-order valence-electron chi connectivity index (χ2n) is 8.17. The minimum Gasteiger partial charge on any atom is -0.467 e. The topological polar surface area (TPSA) is 80.6 Å². The number of piperidine rings is 1. The molecule has 2 aliphatic heterocycles. The van der Waals surface area contributed by atoms with Crippen LogP contribution in [0.4, 0.5) is 4.79 Å². The molecule has 2 fully saturated rings. The summed E-state index contributed by atoms with van der Waals surface area (Å²) in [5.74, 6) is 0.0877. The quantitative estimate of drug-likeness (QED) is 0.803. The molecule has 27 heavy (non-hydrogen) atoms. The summed E-state index contributed by atoms with van der Waals surface area (Å²) in [7, 11) is 1.38. The summed E-state index contributed by atoms with van der Waals surface area (Å²) in [5.41, 5.74) is 0.148. The van der Waals surface area contributed by atoms with Crippen molar-refractivity contribution < 1.29 is 14.3 Å². The van der Waals surface area contributed by atoms with Crippen molar-refractivity contribution in [2.45, 2.75) is 56.5 Å². The lowest BCUT2D eigenvalue weighted by molar-refractivity contribution is -0.149. The van der Waals surface area contributed by atoms with Crippen molar-refractivity contribution in [3.8, 4) is 0 Å². The highest BCUT2D eigenvalue weighted by atomic mass is 16.5. The maximum atomic E-state index is 13.0. The molecule has 1 aromatic rings. The van der Waals surface area contributed by atoms with Crippen LogP contribution in [-0.2, 0) is 16.1 Å². The van der Waals surface area contributed by atoms with Gasteiger partial charge in [0.1, 0.15) is 5.54 Å². The largest absolute Gasteiger partial charge is 0.467 e. The molecular weight excluding hydrogens is 346 g/mol. The summed E-state index contributed by atoms with van der Waals surface area (Å²) >= 11 is 0. The summed E-state index contributed by atoms with van der Waals surface area (Å²) in [6.45, 7) is 1.83. The molecule has 1 aromatic heterocycles. The van der Waals surface area contributed by atoms with Crippen LogP contribution in [0.3, 0.4) is 0 Å². The molecule has 3 heterocycles. The van der Waals surface area contributed by atoms with E-state index < -0.39 is 5.54 Å². The molecular formula is C20H27N3O4. The van der Waals surface area contributed by atoms with Crippen molar-refractivity contribution in [1.29, 1.82) is 0 Å². The number of amides is 2. The zero-order valence-corrected chi connectivity index (χ0v) is 15.8. The lowest BCUT2D eigenvalue weighted by atomic mass is 9.81. The zero-order valence-electron chi connectivity index (χ0n) is 15.8. The second kappa shape index (κ2) is 7.02. The van der Waals surface area contributed by atoms with E-state index in [-0.39, 0.29) is 29.4 Å². The zero-order chi connectivity index (χ0) is 19.0. The van der Waals surface area contributed by atoms with E-state index in [1.165, 1.54) is 7.11 Å². The third kappa shape index (κ3) is 3.24. The summed E-state index contributed by atoms with van der Waals surface area (Å²) in [4.78, 5) is 39.4. The van der Waals surface area contributed by atoms with Crippen molar-refractivity contribution in [3.63, 3.8) is 0 Å². The molecule has 146 valence electrons. The number of carbonyl (C=O) groups is 2. The number of fused-ring (bicyclic) bond motifs is 4. The van der Waals surface area contributed by atoms with Gasteiger partial charge >= 0.3 is 12.0 Å². The van der Waals surface area contributed by atoms with E-state index in [0.29, 0.717) is 32.5 Å². The standard InChI is InChI=1S/C20H27N3O4/c1-27-18(25)20(8-3-2-4-9-20)21-19(26)22-11-14-10-15(13-22)16-6-5-7-17(24)23(16)12-14/h5-7,14-15H,2-4,8-13H2,1H3,(H,21,26)/t14-,15+/m0/s1. The Bertz CT molecular complexity index is 797. The summed E-state index contributed by atoms with van der Waals surface area (Å²) in [6, 6.07) is 5.18. The van der Waals surface area contributed by atoms with Gasteiger partial charge in [0.2, 0.25) is 0 Å². The van der Waals surface area contributed by atoms with Gasteiger partial charge in [-0.3, -0.25) is 4.79 Å². The van der Waals surface area contributed by atoms with E-state index in [9.17, 15) is 14.4 Å². The van der Waals surface area contributed by atoms with Crippen molar-refractivity contribution in [3.05, 3.63) is 34.2 Å². The van der Waals surface area contributed by atoms with Crippen molar-refractivity contribution in [2.24, 2.45) is 5.92 Å². The number of aromatic nitrogens is 1. The first-order valence-electron chi connectivity index (χ1n) is 9.88. The van der Waals surface area contributed by atoms with E-state index in [1.807, 2.05) is 15.5 Å². The SMILES string of the molecule is COC(=O)C1(NC(=O)N2C[C@@H]3C[C@H](C2)c2cccc(=O)n2C3)CCCCC1.